The molecule has 1 aromatic heterocycles. The van der Waals surface area contributed by atoms with Crippen molar-refractivity contribution in [2.75, 3.05) is 25.0 Å². The van der Waals surface area contributed by atoms with Crippen LogP contribution in [0.25, 0.3) is 0 Å². The highest BCUT2D eigenvalue weighted by atomic mass is 32.2. The molecular weight excluding hydrogens is 278 g/mol. The van der Waals surface area contributed by atoms with Crippen molar-refractivity contribution < 1.29 is 13.5 Å². The molecule has 0 aliphatic heterocycles. The number of nitrogens with one attached hydrogen (secondary N) is 1. The van der Waals surface area contributed by atoms with E-state index < -0.39 is 10.0 Å². The van der Waals surface area contributed by atoms with Crippen LogP contribution in [0.4, 0.5) is 5.69 Å². The van der Waals surface area contributed by atoms with Gasteiger partial charge in [-0.25, -0.2) is 8.42 Å². The van der Waals surface area contributed by atoms with Gasteiger partial charge in [-0.2, -0.15) is 4.31 Å². The average molecular weight is 301 g/mol. The smallest absolute Gasteiger partial charge is 0.246 e. The van der Waals surface area contributed by atoms with Gasteiger partial charge in [0.15, 0.2) is 0 Å². The highest BCUT2D eigenvalue weighted by Gasteiger charge is 2.28. The predicted octanol–water partition coefficient (Wildman–Crippen LogP) is 1.29. The summed E-state index contributed by atoms with van der Waals surface area (Å²) in [6, 6.07) is 1.42. The molecule has 1 aromatic rings. The van der Waals surface area contributed by atoms with E-state index in [1.165, 1.54) is 10.5 Å². The number of nitrogens with zero attached hydrogens (tertiary/aromatic N) is 2. The Balaban J connectivity index is 3.19. The van der Waals surface area contributed by atoms with E-state index in [-0.39, 0.29) is 24.1 Å². The highest BCUT2D eigenvalue weighted by molar-refractivity contribution is 7.89. The molecule has 0 amide bonds. The zero-order chi connectivity index (χ0) is 15.2. The Morgan fingerprint density at radius 1 is 1.45 bits per heavy atom. The van der Waals surface area contributed by atoms with Gasteiger partial charge in [0.1, 0.15) is 4.90 Å². The van der Waals surface area contributed by atoms with Crippen molar-refractivity contribution in [2.45, 2.75) is 38.1 Å². The first kappa shape index (κ1) is 16.9. The standard InChI is InChI=1S/C13H23N3O3S/c1-4-6-15-12-5-7-14-10-13(12)20(18,19)16(8-9-17)11(2)3/h5,7,10-11,17H,4,6,8-9H2,1-3H3,(H,14,15). The zero-order valence-electron chi connectivity index (χ0n) is 12.2. The molecule has 0 aromatic carbocycles. The summed E-state index contributed by atoms with van der Waals surface area (Å²) in [5, 5.41) is 12.2. The van der Waals surface area contributed by atoms with Gasteiger partial charge in [-0.15, -0.1) is 0 Å². The molecule has 0 fully saturated rings. The van der Waals surface area contributed by atoms with Crippen LogP contribution >= 0.6 is 0 Å². The summed E-state index contributed by atoms with van der Waals surface area (Å²) >= 11 is 0. The molecule has 1 rings (SSSR count). The van der Waals surface area contributed by atoms with Crippen molar-refractivity contribution in [3.8, 4) is 0 Å². The van der Waals surface area contributed by atoms with E-state index in [9.17, 15) is 8.42 Å². The highest BCUT2D eigenvalue weighted by Crippen LogP contribution is 2.24. The van der Waals surface area contributed by atoms with Crippen LogP contribution in [0.3, 0.4) is 0 Å². The summed E-state index contributed by atoms with van der Waals surface area (Å²) in [7, 11) is -3.68. The third-order valence-electron chi connectivity index (χ3n) is 2.83. The molecule has 0 aliphatic rings. The number of hydrogen-bond acceptors (Lipinski definition) is 5. The van der Waals surface area contributed by atoms with Gasteiger partial charge >= 0.3 is 0 Å². The maximum Gasteiger partial charge on any atom is 0.246 e. The van der Waals surface area contributed by atoms with E-state index in [0.717, 1.165) is 6.42 Å². The second-order valence-corrected chi connectivity index (χ2v) is 6.59. The topological polar surface area (TPSA) is 82.5 Å². The molecule has 7 heteroatoms. The number of hydrogen-bond donors (Lipinski definition) is 2. The maximum atomic E-state index is 12.7. The first-order chi connectivity index (χ1) is 9.45. The van der Waals surface area contributed by atoms with E-state index in [0.29, 0.717) is 12.2 Å². The van der Waals surface area contributed by atoms with E-state index in [4.69, 9.17) is 5.11 Å². The van der Waals surface area contributed by atoms with Gasteiger partial charge in [-0.05, 0) is 26.3 Å². The maximum absolute atomic E-state index is 12.7. The molecule has 0 aliphatic carbocycles. The third-order valence-corrected chi connectivity index (χ3v) is 4.94. The van der Waals surface area contributed by atoms with Gasteiger partial charge in [0.25, 0.3) is 0 Å². The molecule has 0 radical (unpaired) electrons. The van der Waals surface area contributed by atoms with Crippen molar-refractivity contribution in [1.29, 1.82) is 0 Å². The first-order valence-electron chi connectivity index (χ1n) is 6.75. The molecule has 1 heterocycles. The summed E-state index contributed by atoms with van der Waals surface area (Å²) in [6.45, 7) is 6.12. The van der Waals surface area contributed by atoms with Crippen molar-refractivity contribution in [3.05, 3.63) is 18.5 Å². The van der Waals surface area contributed by atoms with Crippen LogP contribution in [0, 0.1) is 0 Å². The lowest BCUT2D eigenvalue weighted by Crippen LogP contribution is -2.39. The summed E-state index contributed by atoms with van der Waals surface area (Å²) < 4.78 is 26.6. The minimum atomic E-state index is -3.68. The van der Waals surface area contributed by atoms with Crippen LogP contribution in [0.15, 0.2) is 23.4 Å². The SMILES string of the molecule is CCCNc1ccncc1S(=O)(=O)N(CCO)C(C)C. The molecule has 114 valence electrons. The number of aliphatic hydroxyl groups excluding tert-OH is 1. The van der Waals surface area contributed by atoms with Gasteiger partial charge < -0.3 is 10.4 Å². The Kier molecular flexibility index (Phi) is 6.38. The molecule has 6 nitrogen and oxygen atoms in total. The van der Waals surface area contributed by atoms with Gasteiger partial charge in [0, 0.05) is 31.5 Å². The van der Waals surface area contributed by atoms with Crippen molar-refractivity contribution >= 4 is 15.7 Å². The monoisotopic (exact) mass is 301 g/mol. The number of aromatic nitrogens is 1. The van der Waals surface area contributed by atoms with Crippen molar-refractivity contribution in [1.82, 2.24) is 9.29 Å². The molecule has 0 bridgehead atoms. The Bertz CT molecular complexity index is 517. The minimum absolute atomic E-state index is 0.0715. The van der Waals surface area contributed by atoms with Gasteiger partial charge in [-0.3, -0.25) is 4.98 Å². The predicted molar refractivity (Wildman–Crippen MR) is 79.1 cm³/mol. The third kappa shape index (κ3) is 3.91. The second-order valence-electron chi connectivity index (χ2n) is 4.73. The van der Waals surface area contributed by atoms with E-state index >= 15 is 0 Å². The van der Waals surface area contributed by atoms with Crippen LogP contribution in [0.2, 0.25) is 0 Å². The molecule has 0 saturated heterocycles. The largest absolute Gasteiger partial charge is 0.395 e. The molecule has 2 N–H and O–H groups in total. The number of aliphatic hydroxyl groups is 1. The Hall–Kier alpha value is -1.18. The number of rotatable bonds is 8. The fourth-order valence-corrected chi connectivity index (χ4v) is 3.61. The molecule has 20 heavy (non-hydrogen) atoms. The summed E-state index contributed by atoms with van der Waals surface area (Å²) in [6.07, 6.45) is 3.80. The van der Waals surface area contributed by atoms with Crippen LogP contribution < -0.4 is 5.32 Å². The Morgan fingerprint density at radius 3 is 2.70 bits per heavy atom. The lowest BCUT2D eigenvalue weighted by Gasteiger charge is -2.26. The van der Waals surface area contributed by atoms with Crippen LogP contribution in [0.1, 0.15) is 27.2 Å². The summed E-state index contributed by atoms with van der Waals surface area (Å²) in [4.78, 5) is 4.06. The average Bonchev–Trinajstić information content (AvgIpc) is 2.42. The van der Waals surface area contributed by atoms with Crippen LogP contribution in [-0.2, 0) is 10.0 Å². The Morgan fingerprint density at radius 2 is 2.15 bits per heavy atom. The summed E-state index contributed by atoms with van der Waals surface area (Å²) in [5.41, 5.74) is 0.547. The quantitative estimate of drug-likeness (QED) is 0.756. The van der Waals surface area contributed by atoms with Gasteiger partial charge in [0.2, 0.25) is 10.0 Å². The van der Waals surface area contributed by atoms with E-state index in [1.54, 1.807) is 26.1 Å². The van der Waals surface area contributed by atoms with E-state index in [2.05, 4.69) is 10.3 Å². The van der Waals surface area contributed by atoms with Crippen molar-refractivity contribution in [3.63, 3.8) is 0 Å². The fraction of sp³-hybridized carbons (Fsp3) is 0.615. The molecule has 0 unspecified atom stereocenters. The first-order valence-corrected chi connectivity index (χ1v) is 8.19. The molecular formula is C13H23N3O3S. The normalized spacial score (nSPS) is 12.1. The van der Waals surface area contributed by atoms with Crippen LogP contribution in [-0.4, -0.2) is 48.6 Å². The lowest BCUT2D eigenvalue weighted by molar-refractivity contribution is 0.236. The zero-order valence-corrected chi connectivity index (χ0v) is 13.0. The minimum Gasteiger partial charge on any atom is -0.395 e. The molecule has 0 saturated carbocycles. The fourth-order valence-electron chi connectivity index (χ4n) is 1.87. The Labute approximate surface area is 120 Å². The number of anilines is 1. The van der Waals surface area contributed by atoms with Crippen LogP contribution in [0.5, 0.6) is 0 Å². The lowest BCUT2D eigenvalue weighted by atomic mass is 10.4. The van der Waals surface area contributed by atoms with Gasteiger partial charge in [0.05, 0.1) is 12.3 Å². The van der Waals surface area contributed by atoms with E-state index in [1.807, 2.05) is 6.92 Å². The summed E-state index contributed by atoms with van der Waals surface area (Å²) in [5.74, 6) is 0. The number of sulfonamides is 1. The van der Waals surface area contributed by atoms with Crippen molar-refractivity contribution in [2.24, 2.45) is 0 Å². The molecule has 0 atom stereocenters. The molecule has 0 spiro atoms. The second kappa shape index (κ2) is 7.56. The van der Waals surface area contributed by atoms with Gasteiger partial charge in [-0.1, -0.05) is 6.92 Å². The number of pyridine rings is 1.